The summed E-state index contributed by atoms with van der Waals surface area (Å²) < 4.78 is 100. The van der Waals surface area contributed by atoms with Crippen LogP contribution in [0.4, 0.5) is 0 Å². The lowest BCUT2D eigenvalue weighted by molar-refractivity contribution is -0.124. The van der Waals surface area contributed by atoms with E-state index in [-0.39, 0.29) is 0 Å². The smallest absolute Gasteiger partial charge is 0.137 e. The van der Waals surface area contributed by atoms with Crippen LogP contribution >= 0.6 is 0 Å². The summed E-state index contributed by atoms with van der Waals surface area (Å²) in [4.78, 5) is 12.3. The van der Waals surface area contributed by atoms with E-state index in [0.717, 1.165) is 0 Å². The van der Waals surface area contributed by atoms with Gasteiger partial charge < -0.3 is 0 Å². The maximum atomic E-state index is 12.3. The first-order valence-electron chi connectivity index (χ1n) is 8.70. The number of hydrogen-bond acceptors (Lipinski definition) is 1. The molecule has 0 aromatic heterocycles. The Hall–Kier alpha value is -0.330. The zero-order valence-electron chi connectivity index (χ0n) is 17.9. The molecule has 1 heteroatoms. The molecule has 0 aliphatic rings. The number of hydrogen-bond donors (Lipinski definition) is 0. The van der Waals surface area contributed by atoms with E-state index in [1.165, 1.54) is 0 Å². The second-order valence-electron chi connectivity index (χ2n) is 1.08. The molecule has 0 aromatic rings. The van der Waals surface area contributed by atoms with Gasteiger partial charge in [0.05, 0.1) is 0 Å². The maximum Gasteiger partial charge on any atom is 0.137 e. The highest BCUT2D eigenvalue weighted by Crippen LogP contribution is 2.03. The van der Waals surface area contributed by atoms with Crippen molar-refractivity contribution in [1.82, 2.24) is 0 Å². The zero-order valence-corrected chi connectivity index (χ0v) is 3.91. The SMILES string of the molecule is [2H]C([2H])([2H])C([2H])(C(=O)C([2H])(C([2H])([2H])[2H])C([2H])([2H])[2H])C([2H])([2H])[2H]. The van der Waals surface area contributed by atoms with Crippen LogP contribution in [0.3, 0.4) is 0 Å². The summed E-state index contributed by atoms with van der Waals surface area (Å²) in [5.41, 5.74) is 0. The fourth-order valence-corrected chi connectivity index (χ4v) is 0.125. The molecule has 0 saturated carbocycles. The van der Waals surface area contributed by atoms with Gasteiger partial charge in [-0.25, -0.2) is 0 Å². The molecular formula is C7H14O. The van der Waals surface area contributed by atoms with E-state index in [4.69, 9.17) is 19.2 Å². The molecule has 0 amide bonds. The summed E-state index contributed by atoms with van der Waals surface area (Å²) in [7, 11) is 0. The Bertz CT molecular complexity index is 364. The van der Waals surface area contributed by atoms with Gasteiger partial charge in [0.25, 0.3) is 0 Å². The van der Waals surface area contributed by atoms with E-state index in [0.29, 0.717) is 0 Å². The fourth-order valence-electron chi connectivity index (χ4n) is 0.125. The molecule has 0 aliphatic carbocycles. The fraction of sp³-hybridized carbons (Fsp3) is 0.857. The first-order chi connectivity index (χ1) is 9.15. The maximum absolute atomic E-state index is 12.3. The molecule has 0 rings (SSSR count). The standard InChI is InChI=1S/C7H14O/c1-5(2)7(8)6(3)4/h5-6H,1-4H3/i1D3,2D3,3D3,4D3,5D,6D. The zero-order chi connectivity index (χ0) is 18.6. The van der Waals surface area contributed by atoms with E-state index in [1.807, 2.05) is 0 Å². The molecule has 0 N–H and O–H groups in total. The normalized spacial score (nSPS) is 45.5. The summed E-state index contributed by atoms with van der Waals surface area (Å²) in [6, 6.07) is 0. The summed E-state index contributed by atoms with van der Waals surface area (Å²) >= 11 is 0. The monoisotopic (exact) mass is 128 g/mol. The Morgan fingerprint density at radius 2 is 1.75 bits per heavy atom. The van der Waals surface area contributed by atoms with E-state index in [9.17, 15) is 4.79 Å². The lowest BCUT2D eigenvalue weighted by Crippen LogP contribution is -2.13. The molecule has 0 saturated heterocycles. The van der Waals surface area contributed by atoms with Gasteiger partial charge in [0, 0.05) is 31.0 Å². The van der Waals surface area contributed by atoms with Crippen LogP contribution < -0.4 is 0 Å². The molecule has 0 spiro atoms. The van der Waals surface area contributed by atoms with Crippen molar-refractivity contribution in [1.29, 1.82) is 0 Å². The predicted octanol–water partition coefficient (Wildman–Crippen LogP) is 1.87. The van der Waals surface area contributed by atoms with Crippen molar-refractivity contribution in [2.45, 2.75) is 27.4 Å². The number of carbonyl (C=O) groups is 1. The van der Waals surface area contributed by atoms with Gasteiger partial charge in [0.15, 0.2) is 0 Å². The van der Waals surface area contributed by atoms with Crippen LogP contribution in [0.5, 0.6) is 0 Å². The second kappa shape index (κ2) is 2.85. The number of rotatable bonds is 2. The largest absolute Gasteiger partial charge is 0.299 e. The molecule has 0 bridgehead atoms. The lowest BCUT2D eigenvalue weighted by Gasteiger charge is -2.05. The third kappa shape index (κ3) is 2.10. The number of ketones is 1. The summed E-state index contributed by atoms with van der Waals surface area (Å²) in [5.74, 6) is -10.6. The van der Waals surface area contributed by atoms with Crippen LogP contribution in [0.1, 0.15) is 46.6 Å². The molecule has 0 fully saturated rings. The molecule has 1 nitrogen and oxygen atoms in total. The van der Waals surface area contributed by atoms with E-state index >= 15 is 0 Å². The molecule has 0 unspecified atom stereocenters. The van der Waals surface area contributed by atoms with Gasteiger partial charge in [-0.05, 0) is 0 Å². The summed E-state index contributed by atoms with van der Waals surface area (Å²) in [6.45, 7) is -15.5. The lowest BCUT2D eigenvalue weighted by atomic mass is 9.99. The summed E-state index contributed by atoms with van der Waals surface area (Å²) in [5, 5.41) is 0. The van der Waals surface area contributed by atoms with Crippen LogP contribution in [0.25, 0.3) is 0 Å². The molecule has 0 atom stereocenters. The average molecular weight is 128 g/mol. The van der Waals surface area contributed by atoms with Gasteiger partial charge in [-0.3, -0.25) is 4.79 Å². The molecule has 0 heterocycles. The van der Waals surface area contributed by atoms with E-state index in [1.54, 1.807) is 0 Å². The predicted molar refractivity (Wildman–Crippen MR) is 34.7 cm³/mol. The van der Waals surface area contributed by atoms with Gasteiger partial charge in [-0.2, -0.15) is 0 Å². The van der Waals surface area contributed by atoms with Gasteiger partial charge >= 0.3 is 0 Å². The quantitative estimate of drug-likeness (QED) is 0.555. The Balaban J connectivity index is 6.62. The van der Waals surface area contributed by atoms with E-state index < -0.39 is 45.0 Å². The summed E-state index contributed by atoms with van der Waals surface area (Å²) in [6.07, 6.45) is 0. The molecule has 0 aromatic carbocycles. The van der Waals surface area contributed by atoms with Crippen LogP contribution in [0.2, 0.25) is 0 Å². The minimum Gasteiger partial charge on any atom is -0.299 e. The first kappa shape index (κ1) is 0.799. The van der Waals surface area contributed by atoms with Crippen LogP contribution in [-0.4, -0.2) is 5.78 Å². The van der Waals surface area contributed by atoms with Crippen molar-refractivity contribution in [3.05, 3.63) is 0 Å². The van der Waals surface area contributed by atoms with Crippen molar-refractivity contribution in [3.63, 3.8) is 0 Å². The highest BCUT2D eigenvalue weighted by Gasteiger charge is 2.09. The molecule has 0 aliphatic heterocycles. The topological polar surface area (TPSA) is 17.1 Å². The van der Waals surface area contributed by atoms with Gasteiger partial charge in [0.1, 0.15) is 5.78 Å². The Kier molecular flexibility index (Phi) is 0.285. The number of carbonyl (C=O) groups excluding carboxylic acids is 1. The molecule has 8 heavy (non-hydrogen) atoms. The van der Waals surface area contributed by atoms with Crippen LogP contribution in [0, 0.1) is 11.8 Å². The van der Waals surface area contributed by atoms with Crippen molar-refractivity contribution in [2.75, 3.05) is 0 Å². The number of Topliss-reactive ketones (excluding diaryl/α,β-unsaturated/α-hetero) is 1. The van der Waals surface area contributed by atoms with Gasteiger partial charge in [-0.1, -0.05) is 27.4 Å². The molecular weight excluding hydrogens is 100 g/mol. The molecule has 0 radical (unpaired) electrons. The Morgan fingerprint density at radius 1 is 1.38 bits per heavy atom. The third-order valence-electron chi connectivity index (χ3n) is 0.454. The average Bonchev–Trinajstić information content (AvgIpc) is 2.19. The minimum atomic E-state index is -4.06. The van der Waals surface area contributed by atoms with Crippen molar-refractivity contribution >= 4 is 5.78 Å². The highest BCUT2D eigenvalue weighted by molar-refractivity contribution is 5.81. The van der Waals surface area contributed by atoms with Gasteiger partial charge in [0.2, 0.25) is 0 Å². The van der Waals surface area contributed by atoms with E-state index in [2.05, 4.69) is 0 Å². The first-order valence-corrected chi connectivity index (χ1v) is 1.70. The highest BCUT2D eigenvalue weighted by atomic mass is 16.1. The van der Waals surface area contributed by atoms with Crippen LogP contribution in [0.15, 0.2) is 0 Å². The van der Waals surface area contributed by atoms with Gasteiger partial charge in [-0.15, -0.1) is 0 Å². The van der Waals surface area contributed by atoms with Crippen molar-refractivity contribution in [2.24, 2.45) is 11.8 Å². The molecule has 48 valence electrons. The second-order valence-corrected chi connectivity index (χ2v) is 1.08. The third-order valence-corrected chi connectivity index (χ3v) is 0.454. The van der Waals surface area contributed by atoms with Crippen molar-refractivity contribution in [3.8, 4) is 0 Å². The minimum absolute atomic E-state index is 2.51. The van der Waals surface area contributed by atoms with Crippen molar-refractivity contribution < 1.29 is 24.0 Å². The van der Waals surface area contributed by atoms with Crippen LogP contribution in [-0.2, 0) is 4.79 Å². The Labute approximate surface area is 70.8 Å². The Morgan fingerprint density at radius 3 is 2.00 bits per heavy atom.